The Hall–Kier alpha value is -3.16. The summed E-state index contributed by atoms with van der Waals surface area (Å²) in [7, 11) is 0. The number of hydrogen-bond acceptors (Lipinski definition) is 5. The fraction of sp³-hybridized carbons (Fsp3) is 0.455. The van der Waals surface area contributed by atoms with E-state index in [9.17, 15) is 9.59 Å². The van der Waals surface area contributed by atoms with Crippen LogP contribution in [0.15, 0.2) is 30.5 Å². The molecule has 0 bridgehead atoms. The number of fused-ring (bicyclic) bond motifs is 2. The highest BCUT2D eigenvalue weighted by Crippen LogP contribution is 2.25. The van der Waals surface area contributed by atoms with Gasteiger partial charge in [-0.3, -0.25) is 14.2 Å². The summed E-state index contributed by atoms with van der Waals surface area (Å²) in [4.78, 5) is 27.3. The lowest BCUT2D eigenvalue weighted by atomic mass is 10.0. The summed E-state index contributed by atoms with van der Waals surface area (Å²) in [6, 6.07) is 7.82. The molecule has 4 rings (SSSR count). The maximum Gasteiger partial charge on any atom is 0.359 e. The average molecular weight is 409 g/mol. The normalized spacial score (nSPS) is 13.7. The molecular formula is C22H27N5O3. The van der Waals surface area contributed by atoms with E-state index in [1.807, 2.05) is 28.9 Å². The highest BCUT2D eigenvalue weighted by Gasteiger charge is 2.31. The fourth-order valence-electron chi connectivity index (χ4n) is 3.94. The first-order valence-corrected chi connectivity index (χ1v) is 10.4. The van der Waals surface area contributed by atoms with Crippen LogP contribution in [0, 0.1) is 5.92 Å². The average Bonchev–Trinajstić information content (AvgIpc) is 3.29. The molecule has 3 heterocycles. The Bertz CT molecular complexity index is 1080. The molecule has 2 aromatic heterocycles. The van der Waals surface area contributed by atoms with Gasteiger partial charge in [-0.1, -0.05) is 32.0 Å². The molecule has 1 aliphatic rings. The first-order valence-electron chi connectivity index (χ1n) is 10.4. The summed E-state index contributed by atoms with van der Waals surface area (Å²) >= 11 is 0. The van der Waals surface area contributed by atoms with Gasteiger partial charge in [0.15, 0.2) is 5.69 Å². The lowest BCUT2D eigenvalue weighted by Gasteiger charge is -2.28. The Morgan fingerprint density at radius 3 is 2.77 bits per heavy atom. The molecule has 0 saturated carbocycles. The second kappa shape index (κ2) is 8.30. The van der Waals surface area contributed by atoms with Crippen molar-refractivity contribution < 1.29 is 14.3 Å². The van der Waals surface area contributed by atoms with E-state index in [0.717, 1.165) is 28.7 Å². The Morgan fingerprint density at radius 2 is 2.00 bits per heavy atom. The molecule has 0 saturated heterocycles. The van der Waals surface area contributed by atoms with Crippen molar-refractivity contribution in [3.63, 3.8) is 0 Å². The lowest BCUT2D eigenvalue weighted by molar-refractivity contribution is -0.132. The largest absolute Gasteiger partial charge is 0.461 e. The summed E-state index contributed by atoms with van der Waals surface area (Å²) in [6.07, 6.45) is 2.44. The molecule has 158 valence electrons. The third-order valence-electron chi connectivity index (χ3n) is 5.33. The predicted octanol–water partition coefficient (Wildman–Crippen LogP) is 2.65. The number of amides is 1. The van der Waals surface area contributed by atoms with E-state index in [2.05, 4.69) is 24.0 Å². The maximum absolute atomic E-state index is 13.0. The SMILES string of the molecule is CCOC(=O)c1nn(CC(C)C)c2c1CN(C(=O)Cn1ncc3ccccc31)CC2. The lowest BCUT2D eigenvalue weighted by Crippen LogP contribution is -2.39. The van der Waals surface area contributed by atoms with Crippen molar-refractivity contribution in [1.29, 1.82) is 0 Å². The fourth-order valence-corrected chi connectivity index (χ4v) is 3.94. The Labute approximate surface area is 175 Å². The zero-order valence-electron chi connectivity index (χ0n) is 17.7. The van der Waals surface area contributed by atoms with Gasteiger partial charge in [0.25, 0.3) is 0 Å². The third kappa shape index (κ3) is 3.81. The molecule has 1 aromatic carbocycles. The summed E-state index contributed by atoms with van der Waals surface area (Å²) in [5.74, 6) is -0.0543. The molecule has 0 N–H and O–H groups in total. The van der Waals surface area contributed by atoms with Crippen molar-refractivity contribution in [2.75, 3.05) is 13.2 Å². The van der Waals surface area contributed by atoms with Crippen molar-refractivity contribution in [3.05, 3.63) is 47.4 Å². The van der Waals surface area contributed by atoms with Crippen molar-refractivity contribution in [3.8, 4) is 0 Å². The van der Waals surface area contributed by atoms with Crippen LogP contribution in [0.2, 0.25) is 0 Å². The monoisotopic (exact) mass is 409 g/mol. The van der Waals surface area contributed by atoms with Crippen molar-refractivity contribution in [1.82, 2.24) is 24.5 Å². The van der Waals surface area contributed by atoms with Gasteiger partial charge in [-0.2, -0.15) is 10.2 Å². The standard InChI is InChI=1S/C22H27N5O3/c1-4-30-22(29)21-17-13-25(10-9-19(17)27(24-21)12-15(2)3)20(28)14-26-18-8-6-5-7-16(18)11-23-26/h5-8,11,15H,4,9-10,12-14H2,1-3H3. The van der Waals surface area contributed by atoms with Crippen LogP contribution in [0.4, 0.5) is 0 Å². The molecule has 1 amide bonds. The second-order valence-electron chi connectivity index (χ2n) is 8.00. The van der Waals surface area contributed by atoms with Crippen LogP contribution in [0.5, 0.6) is 0 Å². The zero-order valence-corrected chi connectivity index (χ0v) is 17.7. The van der Waals surface area contributed by atoms with Crippen LogP contribution in [0.1, 0.15) is 42.5 Å². The molecular weight excluding hydrogens is 382 g/mol. The van der Waals surface area contributed by atoms with E-state index in [-0.39, 0.29) is 12.5 Å². The molecule has 30 heavy (non-hydrogen) atoms. The molecule has 0 aliphatic carbocycles. The van der Waals surface area contributed by atoms with E-state index in [1.54, 1.807) is 22.7 Å². The van der Waals surface area contributed by atoms with Crippen LogP contribution in [0.3, 0.4) is 0 Å². The summed E-state index contributed by atoms with van der Waals surface area (Å²) in [6.45, 7) is 8.15. The summed E-state index contributed by atoms with van der Waals surface area (Å²) in [5, 5.41) is 9.91. The first-order chi connectivity index (χ1) is 14.5. The van der Waals surface area contributed by atoms with Gasteiger partial charge in [0.2, 0.25) is 5.91 Å². The number of benzene rings is 1. The number of ether oxygens (including phenoxy) is 1. The minimum Gasteiger partial charge on any atom is -0.461 e. The molecule has 8 nitrogen and oxygen atoms in total. The van der Waals surface area contributed by atoms with Gasteiger partial charge in [0.1, 0.15) is 6.54 Å². The molecule has 3 aromatic rings. The summed E-state index contributed by atoms with van der Waals surface area (Å²) < 4.78 is 8.84. The molecule has 0 atom stereocenters. The number of aromatic nitrogens is 4. The van der Waals surface area contributed by atoms with Gasteiger partial charge in [-0.05, 0) is 18.9 Å². The third-order valence-corrected chi connectivity index (χ3v) is 5.33. The van der Waals surface area contributed by atoms with Gasteiger partial charge in [-0.25, -0.2) is 4.79 Å². The number of nitrogens with zero attached hydrogens (tertiary/aromatic N) is 5. The number of para-hydroxylation sites is 1. The molecule has 8 heteroatoms. The molecule has 0 unspecified atom stereocenters. The highest BCUT2D eigenvalue weighted by atomic mass is 16.5. The van der Waals surface area contributed by atoms with Crippen molar-refractivity contribution in [2.45, 2.75) is 46.8 Å². The van der Waals surface area contributed by atoms with Crippen LogP contribution in [0.25, 0.3) is 10.9 Å². The number of carbonyl (C=O) groups excluding carboxylic acids is 2. The van der Waals surface area contributed by atoms with Crippen LogP contribution in [-0.2, 0) is 35.6 Å². The van der Waals surface area contributed by atoms with Gasteiger partial charge in [0.05, 0.1) is 18.3 Å². The number of esters is 1. The van der Waals surface area contributed by atoms with Crippen LogP contribution in [-0.4, -0.2) is 49.5 Å². The molecule has 0 fully saturated rings. The highest BCUT2D eigenvalue weighted by molar-refractivity contribution is 5.89. The quantitative estimate of drug-likeness (QED) is 0.585. The number of rotatable bonds is 6. The number of carbonyl (C=O) groups is 2. The van der Waals surface area contributed by atoms with E-state index in [4.69, 9.17) is 4.74 Å². The van der Waals surface area contributed by atoms with Crippen LogP contribution < -0.4 is 0 Å². The summed E-state index contributed by atoms with van der Waals surface area (Å²) in [5.41, 5.74) is 3.09. The van der Waals surface area contributed by atoms with Crippen molar-refractivity contribution >= 4 is 22.8 Å². The van der Waals surface area contributed by atoms with Gasteiger partial charge >= 0.3 is 5.97 Å². The first kappa shape index (κ1) is 20.1. The molecule has 1 aliphatic heterocycles. The van der Waals surface area contributed by atoms with E-state index in [0.29, 0.717) is 37.7 Å². The van der Waals surface area contributed by atoms with E-state index < -0.39 is 5.97 Å². The van der Waals surface area contributed by atoms with Gasteiger partial charge in [0, 0.05) is 42.7 Å². The van der Waals surface area contributed by atoms with Gasteiger partial charge < -0.3 is 9.64 Å². The van der Waals surface area contributed by atoms with Crippen molar-refractivity contribution in [2.24, 2.45) is 5.92 Å². The van der Waals surface area contributed by atoms with Crippen LogP contribution >= 0.6 is 0 Å². The Kier molecular flexibility index (Phi) is 5.57. The molecule has 0 spiro atoms. The Balaban J connectivity index is 1.57. The minimum atomic E-state index is -0.427. The van der Waals surface area contributed by atoms with E-state index in [1.165, 1.54) is 0 Å². The topological polar surface area (TPSA) is 82.3 Å². The van der Waals surface area contributed by atoms with Gasteiger partial charge in [-0.15, -0.1) is 0 Å². The predicted molar refractivity (Wildman–Crippen MR) is 112 cm³/mol. The zero-order chi connectivity index (χ0) is 21.3. The molecule has 0 radical (unpaired) electrons. The maximum atomic E-state index is 13.0. The Morgan fingerprint density at radius 1 is 1.20 bits per heavy atom. The number of hydrogen-bond donors (Lipinski definition) is 0. The second-order valence-corrected chi connectivity index (χ2v) is 8.00. The van der Waals surface area contributed by atoms with E-state index >= 15 is 0 Å². The smallest absolute Gasteiger partial charge is 0.359 e. The minimum absolute atomic E-state index is 0.0269.